The van der Waals surface area contributed by atoms with E-state index in [9.17, 15) is 23.7 Å². The lowest BCUT2D eigenvalue weighted by Crippen LogP contribution is -2.45. The number of benzene rings is 1. The van der Waals surface area contributed by atoms with Crippen molar-refractivity contribution in [2.75, 3.05) is 6.54 Å². The van der Waals surface area contributed by atoms with Crippen molar-refractivity contribution in [2.24, 2.45) is 11.8 Å². The Balaban J connectivity index is 2.95. The highest BCUT2D eigenvalue weighted by molar-refractivity contribution is 7.46. The molecule has 10 nitrogen and oxygen atoms in total. The molecule has 1 rings (SSSR count). The topological polar surface area (TPSA) is 159 Å². The van der Waals surface area contributed by atoms with Gasteiger partial charge in [0, 0.05) is 31.7 Å². The van der Waals surface area contributed by atoms with Crippen LogP contribution in [0.2, 0.25) is 0 Å². The molecule has 0 saturated carbocycles. The molecule has 4 N–H and O–H groups in total. The van der Waals surface area contributed by atoms with Gasteiger partial charge in [-0.2, -0.15) is 0 Å². The number of Topliss-reactive ketones (excluding diaryl/α,β-unsaturated/α-hetero) is 2. The van der Waals surface area contributed by atoms with Crippen LogP contribution in [-0.2, 0) is 30.2 Å². The summed E-state index contributed by atoms with van der Waals surface area (Å²) in [5, 5.41) is 5.79. The van der Waals surface area contributed by atoms with Crippen molar-refractivity contribution in [1.82, 2.24) is 10.6 Å². The highest BCUT2D eigenvalue weighted by atomic mass is 31.2. The number of nitrogens with one attached hydrogen (secondary N) is 2. The normalized spacial score (nSPS) is 13.7. The number of ketones is 2. The molecule has 2 amide bonds. The zero-order valence-electron chi connectivity index (χ0n) is 24.3. The number of hydrogen-bond donors (Lipinski definition) is 4. The number of hydrogen-bond acceptors (Lipinski definition) is 6. The van der Waals surface area contributed by atoms with Crippen molar-refractivity contribution in [1.29, 1.82) is 0 Å². The third kappa shape index (κ3) is 15.3. The SMILES string of the molecule is CCCCCC(=O)NC(Cc1ccc(OP(=O)(O)O)cc1)C(=O)CC(C(=O)NCCCCCC(C)=O)C(C)CC. The summed E-state index contributed by atoms with van der Waals surface area (Å²) in [6.07, 6.45) is 6.61. The first-order chi connectivity index (χ1) is 18.9. The van der Waals surface area contributed by atoms with Gasteiger partial charge in [0.2, 0.25) is 11.8 Å². The van der Waals surface area contributed by atoms with Crippen LogP contribution in [0.25, 0.3) is 0 Å². The number of amides is 2. The van der Waals surface area contributed by atoms with E-state index in [1.807, 2.05) is 20.8 Å². The largest absolute Gasteiger partial charge is 0.524 e. The molecule has 0 aliphatic rings. The quantitative estimate of drug-likeness (QED) is 0.120. The van der Waals surface area contributed by atoms with Crippen LogP contribution in [0.5, 0.6) is 5.75 Å². The number of carbonyl (C=O) groups is 4. The third-order valence-electron chi connectivity index (χ3n) is 6.91. The first-order valence-electron chi connectivity index (χ1n) is 14.3. The minimum Gasteiger partial charge on any atom is -0.404 e. The summed E-state index contributed by atoms with van der Waals surface area (Å²) in [6, 6.07) is 5.10. The van der Waals surface area contributed by atoms with Crippen LogP contribution in [-0.4, -0.2) is 45.8 Å². The Labute approximate surface area is 238 Å². The maximum atomic E-state index is 13.5. The van der Waals surface area contributed by atoms with Gasteiger partial charge >= 0.3 is 7.82 Å². The van der Waals surface area contributed by atoms with Gasteiger partial charge in [-0.3, -0.25) is 24.2 Å². The van der Waals surface area contributed by atoms with Gasteiger partial charge < -0.3 is 20.0 Å². The smallest absolute Gasteiger partial charge is 0.404 e. The van der Waals surface area contributed by atoms with Crippen LogP contribution < -0.4 is 15.2 Å². The van der Waals surface area contributed by atoms with Gasteiger partial charge in [-0.1, -0.05) is 58.6 Å². The second-order valence-electron chi connectivity index (χ2n) is 10.5. The second kappa shape index (κ2) is 18.7. The van der Waals surface area contributed by atoms with E-state index in [0.29, 0.717) is 37.8 Å². The fraction of sp³-hybridized carbons (Fsp3) is 0.655. The molecule has 0 saturated heterocycles. The Morgan fingerprint density at radius 1 is 0.950 bits per heavy atom. The lowest BCUT2D eigenvalue weighted by atomic mass is 9.84. The Kier molecular flexibility index (Phi) is 16.6. The first-order valence-corrected chi connectivity index (χ1v) is 15.8. The molecule has 0 aromatic heterocycles. The fourth-order valence-electron chi connectivity index (χ4n) is 4.32. The van der Waals surface area contributed by atoms with Crippen molar-refractivity contribution in [3.05, 3.63) is 29.8 Å². The van der Waals surface area contributed by atoms with E-state index in [4.69, 9.17) is 9.79 Å². The summed E-state index contributed by atoms with van der Waals surface area (Å²) < 4.78 is 15.7. The minimum absolute atomic E-state index is 0.0154. The number of phosphoric acid groups is 1. The number of unbranched alkanes of at least 4 members (excludes halogenated alkanes) is 4. The molecule has 0 heterocycles. The van der Waals surface area contributed by atoms with E-state index in [1.54, 1.807) is 19.1 Å². The van der Waals surface area contributed by atoms with E-state index in [0.717, 1.165) is 32.1 Å². The molecule has 1 aromatic carbocycles. The van der Waals surface area contributed by atoms with Crippen molar-refractivity contribution < 1.29 is 38.1 Å². The first kappa shape index (κ1) is 35.5. The number of rotatable bonds is 21. The summed E-state index contributed by atoms with van der Waals surface area (Å²) in [5.41, 5.74) is 0.667. The lowest BCUT2D eigenvalue weighted by molar-refractivity contribution is -0.133. The van der Waals surface area contributed by atoms with Crippen LogP contribution in [0.15, 0.2) is 24.3 Å². The second-order valence-corrected chi connectivity index (χ2v) is 11.6. The summed E-state index contributed by atoms with van der Waals surface area (Å²) in [7, 11) is -4.70. The zero-order chi connectivity index (χ0) is 30.1. The highest BCUT2D eigenvalue weighted by Crippen LogP contribution is 2.37. The van der Waals surface area contributed by atoms with Crippen molar-refractivity contribution >= 4 is 31.2 Å². The molecule has 0 fully saturated rings. The molecule has 1 aromatic rings. The van der Waals surface area contributed by atoms with E-state index in [2.05, 4.69) is 15.2 Å². The van der Waals surface area contributed by atoms with Crippen LogP contribution in [0.4, 0.5) is 0 Å². The standard InChI is InChI=1S/C29H47N2O8P/c1-5-7-9-13-28(34)31-26(19-23-14-16-24(17-15-23)39-40(36,37)38)27(33)20-25(21(3)6-2)29(35)30-18-11-8-10-12-22(4)32/h14-17,21,25-26H,5-13,18-20H2,1-4H3,(H,30,35)(H,31,34)(H2,36,37,38). The molecule has 0 aliphatic carbocycles. The maximum Gasteiger partial charge on any atom is 0.524 e. The van der Waals surface area contributed by atoms with Crippen LogP contribution in [0, 0.1) is 11.8 Å². The van der Waals surface area contributed by atoms with Gasteiger partial charge in [0.25, 0.3) is 0 Å². The summed E-state index contributed by atoms with van der Waals surface area (Å²) in [5.74, 6) is -1.14. The Morgan fingerprint density at radius 2 is 1.60 bits per heavy atom. The van der Waals surface area contributed by atoms with Gasteiger partial charge in [0.05, 0.1) is 6.04 Å². The molecule has 0 radical (unpaired) electrons. The third-order valence-corrected chi connectivity index (χ3v) is 7.36. The van der Waals surface area contributed by atoms with E-state index >= 15 is 0 Å². The van der Waals surface area contributed by atoms with Crippen molar-refractivity contribution in [3.63, 3.8) is 0 Å². The zero-order valence-corrected chi connectivity index (χ0v) is 25.2. The molecule has 0 spiro atoms. The lowest BCUT2D eigenvalue weighted by Gasteiger charge is -2.25. The fourth-order valence-corrected chi connectivity index (χ4v) is 4.72. The average molecular weight is 583 g/mol. The predicted octanol–water partition coefficient (Wildman–Crippen LogP) is 4.65. The molecule has 11 heteroatoms. The van der Waals surface area contributed by atoms with Gasteiger partial charge in [0.1, 0.15) is 11.5 Å². The Morgan fingerprint density at radius 3 is 2.17 bits per heavy atom. The van der Waals surface area contributed by atoms with Crippen molar-refractivity contribution in [3.8, 4) is 5.75 Å². The molecule has 0 aliphatic heterocycles. The molecule has 3 atom stereocenters. The molecule has 226 valence electrons. The van der Waals surface area contributed by atoms with Crippen LogP contribution >= 0.6 is 7.82 Å². The van der Waals surface area contributed by atoms with E-state index in [-0.39, 0.29) is 47.9 Å². The minimum atomic E-state index is -4.70. The van der Waals surface area contributed by atoms with Gasteiger partial charge in [-0.05, 0) is 56.2 Å². The molecule has 40 heavy (non-hydrogen) atoms. The molecular weight excluding hydrogens is 535 g/mol. The average Bonchev–Trinajstić information content (AvgIpc) is 2.88. The molecule has 3 unspecified atom stereocenters. The monoisotopic (exact) mass is 582 g/mol. The van der Waals surface area contributed by atoms with Gasteiger partial charge in [-0.25, -0.2) is 4.57 Å². The molecule has 0 bridgehead atoms. The van der Waals surface area contributed by atoms with Gasteiger partial charge in [-0.15, -0.1) is 0 Å². The summed E-state index contributed by atoms with van der Waals surface area (Å²) in [6.45, 7) is 7.97. The Bertz CT molecular complexity index is 992. The van der Waals surface area contributed by atoms with Crippen molar-refractivity contribution in [2.45, 2.75) is 104 Å². The summed E-state index contributed by atoms with van der Waals surface area (Å²) >= 11 is 0. The van der Waals surface area contributed by atoms with Gasteiger partial charge in [0.15, 0.2) is 5.78 Å². The Hall–Kier alpha value is -2.55. The van der Waals surface area contributed by atoms with E-state index < -0.39 is 19.8 Å². The predicted molar refractivity (Wildman–Crippen MR) is 154 cm³/mol. The van der Waals surface area contributed by atoms with Crippen LogP contribution in [0.3, 0.4) is 0 Å². The summed E-state index contributed by atoms with van der Waals surface area (Å²) in [4.78, 5) is 68.3. The maximum absolute atomic E-state index is 13.5. The van der Waals surface area contributed by atoms with E-state index in [1.165, 1.54) is 12.1 Å². The number of carbonyl (C=O) groups excluding carboxylic acids is 4. The number of phosphoric ester groups is 1. The van der Waals surface area contributed by atoms with Crippen LogP contribution in [0.1, 0.15) is 97.5 Å². The highest BCUT2D eigenvalue weighted by Gasteiger charge is 2.30. The molecular formula is C29H47N2O8P.